The van der Waals surface area contributed by atoms with Gasteiger partial charge in [0.25, 0.3) is 0 Å². The van der Waals surface area contributed by atoms with Gasteiger partial charge < -0.3 is 9.84 Å². The van der Waals surface area contributed by atoms with Crippen LogP contribution in [0.3, 0.4) is 0 Å². The molecule has 4 rings (SSSR count). The molecule has 28 heavy (non-hydrogen) atoms. The molecule has 0 heterocycles. The molecule has 1 fully saturated rings. The van der Waals surface area contributed by atoms with Crippen LogP contribution >= 0.6 is 0 Å². The molecule has 0 amide bonds. The van der Waals surface area contributed by atoms with E-state index in [1.165, 1.54) is 11.1 Å². The predicted octanol–water partition coefficient (Wildman–Crippen LogP) is 4.70. The first-order chi connectivity index (χ1) is 13.5. The Labute approximate surface area is 165 Å². The number of rotatable bonds is 6. The molecule has 1 saturated carbocycles. The van der Waals surface area contributed by atoms with E-state index in [9.17, 15) is 14.7 Å². The van der Waals surface area contributed by atoms with Crippen LogP contribution in [0.15, 0.2) is 48.5 Å². The number of hydrogen-bond acceptors (Lipinski definition) is 3. The summed E-state index contributed by atoms with van der Waals surface area (Å²) in [5.41, 5.74) is 2.14. The first-order valence-electron chi connectivity index (χ1n) is 10.1. The molecule has 2 aromatic carbocycles. The van der Waals surface area contributed by atoms with Crippen LogP contribution in [0.25, 0.3) is 0 Å². The fourth-order valence-electron chi connectivity index (χ4n) is 4.79. The zero-order valence-corrected chi connectivity index (χ0v) is 16.2. The van der Waals surface area contributed by atoms with Gasteiger partial charge in [0.1, 0.15) is 5.75 Å². The molecular formula is C24H26O4. The molecular weight excluding hydrogens is 352 g/mol. The van der Waals surface area contributed by atoms with Gasteiger partial charge >= 0.3 is 5.97 Å². The maximum Gasteiger partial charge on any atom is 0.348 e. The number of carbonyl (C=O) groups excluding carboxylic acids is 1. The van der Waals surface area contributed by atoms with Crippen molar-refractivity contribution in [2.75, 3.05) is 0 Å². The second kappa shape index (κ2) is 7.42. The lowest BCUT2D eigenvalue weighted by Crippen LogP contribution is -2.42. The monoisotopic (exact) mass is 378 g/mol. The van der Waals surface area contributed by atoms with Gasteiger partial charge in [-0.15, -0.1) is 0 Å². The predicted molar refractivity (Wildman–Crippen MR) is 107 cm³/mol. The molecule has 3 atom stereocenters. The van der Waals surface area contributed by atoms with E-state index in [1.54, 1.807) is 12.1 Å². The SMILES string of the molecule is CC1CC(Oc2ccccc2)(C(=O)O)CC1CC(=O)c1ccc2c(c1)CCC2. The average Bonchev–Trinajstić information content (AvgIpc) is 3.27. The minimum Gasteiger partial charge on any atom is -0.478 e. The highest BCUT2D eigenvalue weighted by Crippen LogP contribution is 2.44. The van der Waals surface area contributed by atoms with Crippen LogP contribution < -0.4 is 4.74 Å². The van der Waals surface area contributed by atoms with Gasteiger partial charge in [-0.3, -0.25) is 4.79 Å². The zero-order chi connectivity index (χ0) is 19.7. The lowest BCUT2D eigenvalue weighted by atomic mass is 9.89. The van der Waals surface area contributed by atoms with Crippen LogP contribution in [0.2, 0.25) is 0 Å². The topological polar surface area (TPSA) is 63.6 Å². The van der Waals surface area contributed by atoms with Crippen molar-refractivity contribution in [1.82, 2.24) is 0 Å². The van der Waals surface area contributed by atoms with Crippen LogP contribution in [0, 0.1) is 11.8 Å². The summed E-state index contributed by atoms with van der Waals surface area (Å²) in [6, 6.07) is 15.1. The largest absolute Gasteiger partial charge is 0.478 e. The van der Waals surface area contributed by atoms with Gasteiger partial charge in [0.05, 0.1) is 0 Å². The van der Waals surface area contributed by atoms with Gasteiger partial charge in [-0.1, -0.05) is 37.3 Å². The Morgan fingerprint density at radius 3 is 2.57 bits per heavy atom. The van der Waals surface area contributed by atoms with Crippen LogP contribution in [0.4, 0.5) is 0 Å². The number of benzene rings is 2. The van der Waals surface area contributed by atoms with E-state index < -0.39 is 11.6 Å². The van der Waals surface area contributed by atoms with E-state index in [1.807, 2.05) is 37.3 Å². The first kappa shape index (κ1) is 18.7. The van der Waals surface area contributed by atoms with Crippen molar-refractivity contribution in [3.05, 3.63) is 65.2 Å². The Balaban J connectivity index is 1.49. The van der Waals surface area contributed by atoms with Crippen molar-refractivity contribution in [3.63, 3.8) is 0 Å². The average molecular weight is 378 g/mol. The van der Waals surface area contributed by atoms with Gasteiger partial charge in [0.2, 0.25) is 5.60 Å². The first-order valence-corrected chi connectivity index (χ1v) is 10.1. The summed E-state index contributed by atoms with van der Waals surface area (Å²) in [6.45, 7) is 2.03. The van der Waals surface area contributed by atoms with Crippen LogP contribution in [0.5, 0.6) is 5.75 Å². The summed E-state index contributed by atoms with van der Waals surface area (Å²) in [5, 5.41) is 9.91. The third-order valence-corrected chi connectivity index (χ3v) is 6.36. The van der Waals surface area contributed by atoms with E-state index in [0.717, 1.165) is 24.8 Å². The lowest BCUT2D eigenvalue weighted by molar-refractivity contribution is -0.155. The molecule has 2 aromatic rings. The number of ether oxygens (including phenoxy) is 1. The van der Waals surface area contributed by atoms with Crippen LogP contribution in [-0.2, 0) is 17.6 Å². The maximum absolute atomic E-state index is 12.9. The molecule has 0 bridgehead atoms. The molecule has 2 aliphatic rings. The highest BCUT2D eigenvalue weighted by Gasteiger charge is 2.51. The van der Waals surface area contributed by atoms with E-state index in [0.29, 0.717) is 25.0 Å². The van der Waals surface area contributed by atoms with Crippen LogP contribution in [0.1, 0.15) is 54.1 Å². The van der Waals surface area contributed by atoms with E-state index in [2.05, 4.69) is 6.07 Å². The second-order valence-electron chi connectivity index (χ2n) is 8.32. The molecule has 4 nitrogen and oxygen atoms in total. The summed E-state index contributed by atoms with van der Waals surface area (Å²) >= 11 is 0. The molecule has 1 N–H and O–H groups in total. The molecule has 0 spiro atoms. The summed E-state index contributed by atoms with van der Waals surface area (Å²) in [7, 11) is 0. The third kappa shape index (κ3) is 3.56. The third-order valence-electron chi connectivity index (χ3n) is 6.36. The highest BCUT2D eigenvalue weighted by atomic mass is 16.5. The van der Waals surface area contributed by atoms with Crippen molar-refractivity contribution < 1.29 is 19.4 Å². The number of ketones is 1. The summed E-state index contributed by atoms with van der Waals surface area (Å²) in [5.74, 6) is -0.176. The summed E-state index contributed by atoms with van der Waals surface area (Å²) < 4.78 is 5.96. The van der Waals surface area contributed by atoms with Gasteiger partial charge in [0.15, 0.2) is 5.78 Å². The quantitative estimate of drug-likeness (QED) is 0.740. The minimum atomic E-state index is -1.26. The van der Waals surface area contributed by atoms with E-state index in [-0.39, 0.29) is 17.6 Å². The number of hydrogen-bond donors (Lipinski definition) is 1. The number of aryl methyl sites for hydroxylation is 2. The highest BCUT2D eigenvalue weighted by molar-refractivity contribution is 5.96. The number of carboxylic acid groups (broad SMARTS) is 1. The Morgan fingerprint density at radius 2 is 1.82 bits per heavy atom. The van der Waals surface area contributed by atoms with Crippen molar-refractivity contribution in [1.29, 1.82) is 0 Å². The Bertz CT molecular complexity index is 889. The summed E-state index contributed by atoms with van der Waals surface area (Å²) in [6.07, 6.45) is 4.44. The lowest BCUT2D eigenvalue weighted by Gasteiger charge is -2.26. The minimum absolute atomic E-state index is 0.000525. The van der Waals surface area contributed by atoms with Crippen LogP contribution in [-0.4, -0.2) is 22.5 Å². The number of fused-ring (bicyclic) bond motifs is 1. The smallest absolute Gasteiger partial charge is 0.348 e. The Morgan fingerprint density at radius 1 is 1.07 bits per heavy atom. The van der Waals surface area contributed by atoms with E-state index in [4.69, 9.17) is 4.74 Å². The normalized spacial score (nSPS) is 26.0. The molecule has 3 unspecified atom stereocenters. The Kier molecular flexibility index (Phi) is 4.96. The fourth-order valence-corrected chi connectivity index (χ4v) is 4.79. The van der Waals surface area contributed by atoms with Gasteiger partial charge in [0, 0.05) is 24.8 Å². The number of Topliss-reactive ketones (excluding diaryl/α,β-unsaturated/α-hetero) is 1. The zero-order valence-electron chi connectivity index (χ0n) is 16.2. The molecule has 0 aliphatic heterocycles. The second-order valence-corrected chi connectivity index (χ2v) is 8.32. The Hall–Kier alpha value is -2.62. The van der Waals surface area contributed by atoms with Gasteiger partial charge in [-0.2, -0.15) is 0 Å². The molecule has 0 radical (unpaired) electrons. The number of aliphatic carboxylic acids is 1. The van der Waals surface area contributed by atoms with Crippen molar-refractivity contribution >= 4 is 11.8 Å². The number of carbonyl (C=O) groups is 2. The van der Waals surface area contributed by atoms with Crippen molar-refractivity contribution in [3.8, 4) is 5.75 Å². The van der Waals surface area contributed by atoms with Gasteiger partial charge in [-0.25, -0.2) is 4.79 Å². The fraction of sp³-hybridized carbons (Fsp3) is 0.417. The molecule has 2 aliphatic carbocycles. The standard InChI is InChI=1S/C24H26O4/c1-16-14-24(23(26)27,28-21-8-3-2-4-9-21)15-20(16)13-22(25)19-11-10-17-6-5-7-18(17)12-19/h2-4,8-12,16,20H,5-7,13-15H2,1H3,(H,26,27). The van der Waals surface area contributed by atoms with Crippen molar-refractivity contribution in [2.24, 2.45) is 11.8 Å². The molecule has 4 heteroatoms. The molecule has 0 saturated heterocycles. The molecule has 0 aromatic heterocycles. The van der Waals surface area contributed by atoms with Gasteiger partial charge in [-0.05, 0) is 60.4 Å². The molecule has 146 valence electrons. The summed E-state index contributed by atoms with van der Waals surface area (Å²) in [4.78, 5) is 25.0. The number of para-hydroxylation sites is 1. The van der Waals surface area contributed by atoms with E-state index >= 15 is 0 Å². The van der Waals surface area contributed by atoms with Crippen molar-refractivity contribution in [2.45, 2.75) is 51.0 Å². The number of carboxylic acids is 1. The maximum atomic E-state index is 12.9.